The van der Waals surface area contributed by atoms with Crippen LogP contribution in [0.25, 0.3) is 20.4 Å². The van der Waals surface area contributed by atoms with E-state index < -0.39 is 11.0 Å². The minimum Gasteiger partial charge on any atom is -0.410 e. The van der Waals surface area contributed by atoms with Crippen LogP contribution in [-0.2, 0) is 65.4 Å². The Balaban J connectivity index is 0.000000227. The first kappa shape index (κ1) is 41.3. The van der Waals surface area contributed by atoms with Crippen LogP contribution < -0.4 is 20.3 Å². The molecule has 2 N–H and O–H groups in total. The predicted octanol–water partition coefficient (Wildman–Crippen LogP) is 7.77. The number of nitrogens with zero attached hydrogens (tertiary/aromatic N) is 6. The van der Waals surface area contributed by atoms with Gasteiger partial charge >= 0.3 is 12.1 Å². The predicted molar refractivity (Wildman–Crippen MR) is 196 cm³/mol. The second kappa shape index (κ2) is 18.5. The molecule has 6 aromatic rings. The zero-order valence-electron chi connectivity index (χ0n) is 28.7. The van der Waals surface area contributed by atoms with Crippen molar-refractivity contribution in [1.29, 1.82) is 0 Å². The van der Waals surface area contributed by atoms with E-state index in [-0.39, 0.29) is 88.9 Å². The van der Waals surface area contributed by atoms with Gasteiger partial charge in [-0.05, 0) is 48.6 Å². The van der Waals surface area contributed by atoms with E-state index in [1.807, 2.05) is 55.3 Å². The summed E-state index contributed by atoms with van der Waals surface area (Å²) < 4.78 is 6.99. The first-order valence-electron chi connectivity index (χ1n) is 15.6. The van der Waals surface area contributed by atoms with Gasteiger partial charge in [0.25, 0.3) is 5.69 Å². The van der Waals surface area contributed by atoms with E-state index in [4.69, 9.17) is 4.74 Å². The summed E-state index contributed by atoms with van der Waals surface area (Å²) in [7, 11) is 0. The molecule has 1 unspecified atom stereocenters. The van der Waals surface area contributed by atoms with Crippen molar-refractivity contribution in [3.63, 3.8) is 0 Å². The number of nitro groups is 1. The van der Waals surface area contributed by atoms with Gasteiger partial charge in [0.1, 0.15) is 11.6 Å². The smallest absolute Gasteiger partial charge is 0.410 e. The fourth-order valence-corrected chi connectivity index (χ4v) is 6.97. The minimum atomic E-state index is -0.710. The first-order valence-corrected chi connectivity index (χ1v) is 17.2. The maximum absolute atomic E-state index is 12.8. The number of aromatic nitrogens is 3. The van der Waals surface area contributed by atoms with E-state index in [2.05, 4.69) is 62.5 Å². The summed E-state index contributed by atoms with van der Waals surface area (Å²) in [5.41, 5.74) is 4.76. The van der Waals surface area contributed by atoms with Gasteiger partial charge in [-0.2, -0.15) is 58.1 Å². The fourth-order valence-electron chi connectivity index (χ4n) is 5.34. The summed E-state index contributed by atoms with van der Waals surface area (Å²) in [6.07, 6.45) is 1.11. The molecule has 1 aliphatic heterocycles. The van der Waals surface area contributed by atoms with Gasteiger partial charge in [0.15, 0.2) is 10.3 Å². The Labute approximate surface area is 358 Å². The van der Waals surface area contributed by atoms with Crippen molar-refractivity contribution in [2.45, 2.75) is 33.7 Å². The summed E-state index contributed by atoms with van der Waals surface area (Å²) in [5.74, 6) is 1.21. The number of anilines is 3. The van der Waals surface area contributed by atoms with Crippen LogP contribution >= 0.6 is 22.7 Å². The molecule has 1 fully saturated rings. The fraction of sp³-hybridized carbons (Fsp3) is 0.229. The number of urea groups is 1. The van der Waals surface area contributed by atoms with Gasteiger partial charge in [-0.1, -0.05) is 29.3 Å². The van der Waals surface area contributed by atoms with Crippen molar-refractivity contribution >= 4 is 77.0 Å². The Morgan fingerprint density at radius 1 is 0.923 bits per heavy atom. The number of pyridine rings is 1. The third kappa shape index (κ3) is 10.4. The van der Waals surface area contributed by atoms with Crippen LogP contribution in [0.4, 0.5) is 31.4 Å². The summed E-state index contributed by atoms with van der Waals surface area (Å²) in [6, 6.07) is 23.1. The van der Waals surface area contributed by atoms with Crippen LogP contribution in [0.2, 0.25) is 0 Å². The Kier molecular flexibility index (Phi) is 14.7. The molecule has 13 nitrogen and oxygen atoms in total. The Hall–Kier alpha value is -3.46. The number of piperazine rings is 1. The molecule has 4 heterocycles. The van der Waals surface area contributed by atoms with Gasteiger partial charge in [-0.25, -0.2) is 24.5 Å². The molecule has 17 heteroatoms. The number of benzene rings is 3. The van der Waals surface area contributed by atoms with Gasteiger partial charge in [0.05, 0.1) is 4.92 Å². The topological polar surface area (TPSA) is 156 Å². The zero-order valence-corrected chi connectivity index (χ0v) is 36.1. The molecule has 262 valence electrons. The minimum absolute atomic E-state index is 0. The van der Waals surface area contributed by atoms with Gasteiger partial charge in [0.2, 0.25) is 0 Å². The number of ether oxygens (including phenoxy) is 1. The summed E-state index contributed by atoms with van der Waals surface area (Å²) in [4.78, 5) is 52.1. The molecule has 1 atom stereocenters. The molecule has 3 amide bonds. The van der Waals surface area contributed by atoms with Crippen LogP contribution in [0.15, 0.2) is 66.9 Å². The normalized spacial score (nSPS) is 13.7. The maximum atomic E-state index is 12.8. The number of amides is 3. The number of fused-ring (bicyclic) bond motifs is 2. The van der Waals surface area contributed by atoms with Gasteiger partial charge in [0, 0.05) is 109 Å². The summed E-state index contributed by atoms with van der Waals surface area (Å²) >= 11 is 2.79. The molecule has 52 heavy (non-hydrogen) atoms. The van der Waals surface area contributed by atoms with Crippen LogP contribution in [0.1, 0.15) is 23.6 Å². The van der Waals surface area contributed by atoms with Crippen LogP contribution in [0.3, 0.4) is 0 Å². The number of rotatable bonds is 5. The third-order valence-corrected chi connectivity index (χ3v) is 9.65. The van der Waals surface area contributed by atoms with Crippen molar-refractivity contribution in [3.05, 3.63) is 106 Å². The van der Waals surface area contributed by atoms with Crippen molar-refractivity contribution < 1.29 is 84.7 Å². The largest absolute Gasteiger partial charge is 0.418 e. The molecule has 0 aliphatic carbocycles. The van der Waals surface area contributed by atoms with Gasteiger partial charge in [-0.3, -0.25) is 20.7 Å². The van der Waals surface area contributed by atoms with Crippen LogP contribution in [0, 0.1) is 43.0 Å². The van der Waals surface area contributed by atoms with E-state index in [9.17, 15) is 19.7 Å². The van der Waals surface area contributed by atoms with E-state index in [0.29, 0.717) is 16.8 Å². The van der Waals surface area contributed by atoms with Crippen LogP contribution in [0.5, 0.6) is 5.75 Å². The second-order valence-electron chi connectivity index (χ2n) is 11.6. The number of nitrogens with one attached hydrogen (secondary N) is 2. The molecular weight excluding hydrogens is 854 g/mol. The SMILES string of the molecule is Cc1[c-]cc2sc(NC(=O)N3CCN(c4ncccc4C)CC3C)nc2c1.Cc1[c-]cc2sc(NC(=O)Oc3ccc([N+](=O)[O-])cc3)nc2c1.[Y].[Y]. The van der Waals surface area contributed by atoms with E-state index in [1.54, 1.807) is 0 Å². The Bertz CT molecular complexity index is 2200. The maximum Gasteiger partial charge on any atom is 0.418 e. The van der Waals surface area contributed by atoms with Crippen molar-refractivity contribution in [1.82, 2.24) is 19.9 Å². The average Bonchev–Trinajstić information content (AvgIpc) is 3.67. The number of nitro benzene ring substituents is 1. The first-order chi connectivity index (χ1) is 24.0. The molecule has 0 bridgehead atoms. The van der Waals surface area contributed by atoms with Crippen molar-refractivity contribution in [3.8, 4) is 5.75 Å². The Morgan fingerprint density at radius 3 is 2.08 bits per heavy atom. The molecule has 0 spiro atoms. The number of thiazole rings is 2. The van der Waals surface area contributed by atoms with Crippen molar-refractivity contribution in [2.24, 2.45) is 0 Å². The number of carbonyl (C=O) groups excluding carboxylic acids is 2. The van der Waals surface area contributed by atoms with E-state index in [0.717, 1.165) is 56.0 Å². The number of hydrogen-bond acceptors (Lipinski definition) is 11. The molecule has 2 radical (unpaired) electrons. The zero-order chi connectivity index (χ0) is 35.4. The monoisotopic (exact) mass is 886 g/mol. The molecular formula is C35H32N8O5S2Y2-2. The van der Waals surface area contributed by atoms with E-state index in [1.165, 1.54) is 46.9 Å². The van der Waals surface area contributed by atoms with Crippen LogP contribution in [-0.4, -0.2) is 62.6 Å². The van der Waals surface area contributed by atoms with E-state index >= 15 is 0 Å². The molecule has 1 aliphatic rings. The Morgan fingerprint density at radius 2 is 1.52 bits per heavy atom. The number of aryl methyl sites for hydroxylation is 3. The number of non-ortho nitro benzene ring substituents is 1. The quantitative estimate of drug-likeness (QED) is 0.100. The third-order valence-electron chi connectivity index (χ3n) is 7.78. The summed E-state index contributed by atoms with van der Waals surface area (Å²) in [5, 5.41) is 17.1. The summed E-state index contributed by atoms with van der Waals surface area (Å²) in [6.45, 7) is 10.2. The standard InChI is InChI=1S/C20H22N5OS.C15H10N3O4S.2Y/c1-13-6-7-17-16(11-13)22-19(27-17)23-20(26)25-10-9-24(12-15(25)3)18-14(2)5-4-8-21-18;1-9-2-7-13-12(8-9)16-14(23-13)17-15(19)22-11-5-3-10(4-6-11)18(20)21;;/h4-5,7-8,11,15H,9-10,12H2,1-3H3,(H,22,23,26);3-8H,1H3,(H,16,17,19);;/q2*-1;;. The molecule has 1 saturated heterocycles. The molecule has 7 rings (SSSR count). The molecule has 3 aromatic carbocycles. The molecule has 3 aromatic heterocycles. The van der Waals surface area contributed by atoms with Crippen molar-refractivity contribution in [2.75, 3.05) is 35.2 Å². The molecule has 0 saturated carbocycles. The number of hydrogen-bond donors (Lipinski definition) is 2. The van der Waals surface area contributed by atoms with Gasteiger partial charge in [-0.15, -0.1) is 12.1 Å². The average molecular weight is 887 g/mol. The second-order valence-corrected chi connectivity index (χ2v) is 13.7. The number of carbonyl (C=O) groups is 2. The van der Waals surface area contributed by atoms with Gasteiger partial charge < -0.3 is 14.5 Å².